The van der Waals surface area contributed by atoms with Gasteiger partial charge in [0.15, 0.2) is 0 Å². The van der Waals surface area contributed by atoms with Gasteiger partial charge in [-0.3, -0.25) is 0 Å². The highest BCUT2D eigenvalue weighted by Gasteiger charge is 2.21. The SMILES string of the molecule is c1nc2c(c(N3CCOCC3)n1)CCN2. The molecule has 2 aliphatic heterocycles. The molecular formula is C10H14N4O. The van der Waals surface area contributed by atoms with Crippen molar-refractivity contribution in [2.45, 2.75) is 6.42 Å². The Kier molecular flexibility index (Phi) is 2.17. The van der Waals surface area contributed by atoms with Crippen LogP contribution in [0.5, 0.6) is 0 Å². The fraction of sp³-hybridized carbons (Fsp3) is 0.600. The number of rotatable bonds is 1. The Morgan fingerprint density at radius 2 is 2.13 bits per heavy atom. The van der Waals surface area contributed by atoms with Crippen LogP contribution in [0.15, 0.2) is 6.33 Å². The Hall–Kier alpha value is -1.36. The van der Waals surface area contributed by atoms with E-state index in [4.69, 9.17) is 4.74 Å². The topological polar surface area (TPSA) is 50.3 Å². The lowest BCUT2D eigenvalue weighted by Gasteiger charge is -2.28. The molecule has 1 aromatic rings. The molecule has 5 nitrogen and oxygen atoms in total. The number of aromatic nitrogens is 2. The van der Waals surface area contributed by atoms with Gasteiger partial charge in [0.05, 0.1) is 13.2 Å². The predicted octanol–water partition coefficient (Wildman–Crippen LogP) is 0.281. The fourth-order valence-electron chi connectivity index (χ4n) is 2.14. The highest BCUT2D eigenvalue weighted by Crippen LogP contribution is 2.27. The first-order chi connectivity index (χ1) is 7.45. The molecule has 0 radical (unpaired) electrons. The van der Waals surface area contributed by atoms with E-state index in [2.05, 4.69) is 20.2 Å². The molecule has 0 unspecified atom stereocenters. The van der Waals surface area contributed by atoms with Crippen LogP contribution in [0.25, 0.3) is 0 Å². The summed E-state index contributed by atoms with van der Waals surface area (Å²) in [6.07, 6.45) is 2.67. The Morgan fingerprint density at radius 1 is 1.27 bits per heavy atom. The molecule has 0 aliphatic carbocycles. The maximum Gasteiger partial charge on any atom is 0.137 e. The van der Waals surface area contributed by atoms with Gasteiger partial charge in [-0.05, 0) is 6.42 Å². The molecule has 0 atom stereocenters. The van der Waals surface area contributed by atoms with Crippen molar-refractivity contribution in [3.8, 4) is 0 Å². The molecule has 0 bridgehead atoms. The molecule has 3 heterocycles. The Labute approximate surface area is 88.5 Å². The lowest BCUT2D eigenvalue weighted by atomic mass is 10.2. The molecule has 0 spiro atoms. The van der Waals surface area contributed by atoms with Gasteiger partial charge in [-0.1, -0.05) is 0 Å². The summed E-state index contributed by atoms with van der Waals surface area (Å²) >= 11 is 0. The predicted molar refractivity (Wildman–Crippen MR) is 57.3 cm³/mol. The summed E-state index contributed by atoms with van der Waals surface area (Å²) in [5, 5.41) is 3.27. The smallest absolute Gasteiger partial charge is 0.137 e. The molecule has 1 saturated heterocycles. The van der Waals surface area contributed by atoms with Gasteiger partial charge in [0.25, 0.3) is 0 Å². The molecule has 0 saturated carbocycles. The van der Waals surface area contributed by atoms with Crippen molar-refractivity contribution in [1.82, 2.24) is 9.97 Å². The summed E-state index contributed by atoms with van der Waals surface area (Å²) in [5.41, 5.74) is 1.26. The summed E-state index contributed by atoms with van der Waals surface area (Å²) in [4.78, 5) is 10.9. The second kappa shape index (κ2) is 3.66. The summed E-state index contributed by atoms with van der Waals surface area (Å²) in [6, 6.07) is 0. The van der Waals surface area contributed by atoms with Gasteiger partial charge in [-0.25, -0.2) is 9.97 Å². The van der Waals surface area contributed by atoms with E-state index in [9.17, 15) is 0 Å². The van der Waals surface area contributed by atoms with E-state index < -0.39 is 0 Å². The van der Waals surface area contributed by atoms with E-state index in [0.717, 1.165) is 50.9 Å². The maximum atomic E-state index is 5.34. The third kappa shape index (κ3) is 1.52. The van der Waals surface area contributed by atoms with Gasteiger partial charge in [-0.2, -0.15) is 0 Å². The van der Waals surface area contributed by atoms with Crippen LogP contribution >= 0.6 is 0 Å². The molecule has 3 rings (SSSR count). The monoisotopic (exact) mass is 206 g/mol. The molecule has 0 amide bonds. The van der Waals surface area contributed by atoms with Crippen molar-refractivity contribution in [1.29, 1.82) is 0 Å². The summed E-state index contributed by atoms with van der Waals surface area (Å²) < 4.78 is 5.34. The number of morpholine rings is 1. The molecule has 80 valence electrons. The maximum absolute atomic E-state index is 5.34. The molecular weight excluding hydrogens is 192 g/mol. The van der Waals surface area contributed by atoms with Crippen molar-refractivity contribution in [3.63, 3.8) is 0 Å². The van der Waals surface area contributed by atoms with Gasteiger partial charge in [0.2, 0.25) is 0 Å². The van der Waals surface area contributed by atoms with Crippen LogP contribution in [0.2, 0.25) is 0 Å². The number of nitrogens with zero attached hydrogens (tertiary/aromatic N) is 3. The van der Waals surface area contributed by atoms with Crippen LogP contribution in [0.4, 0.5) is 11.6 Å². The highest BCUT2D eigenvalue weighted by atomic mass is 16.5. The second-order valence-electron chi connectivity index (χ2n) is 3.80. The summed E-state index contributed by atoms with van der Waals surface area (Å²) in [5.74, 6) is 2.10. The quantitative estimate of drug-likeness (QED) is 0.715. The van der Waals surface area contributed by atoms with E-state index in [0.29, 0.717) is 0 Å². The first-order valence-electron chi connectivity index (χ1n) is 5.35. The van der Waals surface area contributed by atoms with Crippen LogP contribution in [0.3, 0.4) is 0 Å². The number of hydrogen-bond donors (Lipinski definition) is 1. The lowest BCUT2D eigenvalue weighted by Crippen LogP contribution is -2.37. The number of ether oxygens (including phenoxy) is 1. The molecule has 1 fully saturated rings. The van der Waals surface area contributed by atoms with Crippen LogP contribution in [0.1, 0.15) is 5.56 Å². The van der Waals surface area contributed by atoms with Gasteiger partial charge >= 0.3 is 0 Å². The average molecular weight is 206 g/mol. The van der Waals surface area contributed by atoms with Crippen molar-refractivity contribution < 1.29 is 4.74 Å². The van der Waals surface area contributed by atoms with E-state index in [1.54, 1.807) is 6.33 Å². The summed E-state index contributed by atoms with van der Waals surface area (Å²) in [6.45, 7) is 4.44. The third-order valence-corrected chi connectivity index (χ3v) is 2.90. The van der Waals surface area contributed by atoms with E-state index in [1.165, 1.54) is 5.56 Å². The number of fused-ring (bicyclic) bond motifs is 1. The Bertz CT molecular complexity index is 362. The minimum atomic E-state index is 0.798. The molecule has 0 aromatic carbocycles. The summed E-state index contributed by atoms with van der Waals surface area (Å²) in [7, 11) is 0. The van der Waals surface area contributed by atoms with Gasteiger partial charge in [0.1, 0.15) is 18.0 Å². The van der Waals surface area contributed by atoms with E-state index in [1.807, 2.05) is 0 Å². The van der Waals surface area contributed by atoms with Crippen molar-refractivity contribution in [2.24, 2.45) is 0 Å². The van der Waals surface area contributed by atoms with Crippen molar-refractivity contribution >= 4 is 11.6 Å². The van der Waals surface area contributed by atoms with Crippen molar-refractivity contribution in [2.75, 3.05) is 43.1 Å². The third-order valence-electron chi connectivity index (χ3n) is 2.90. The zero-order chi connectivity index (χ0) is 10.1. The first-order valence-corrected chi connectivity index (χ1v) is 5.35. The van der Waals surface area contributed by atoms with Crippen LogP contribution in [-0.4, -0.2) is 42.8 Å². The fourth-order valence-corrected chi connectivity index (χ4v) is 2.14. The van der Waals surface area contributed by atoms with Gasteiger partial charge in [0, 0.05) is 25.2 Å². The molecule has 2 aliphatic rings. The standard InChI is InChI=1S/C10H14N4O/c1-2-11-9-8(1)10(13-7-12-9)14-3-5-15-6-4-14/h7H,1-6H2,(H,11,12,13). The molecule has 5 heteroatoms. The second-order valence-corrected chi connectivity index (χ2v) is 3.80. The highest BCUT2D eigenvalue weighted by molar-refractivity contribution is 5.61. The minimum absolute atomic E-state index is 0.798. The molecule has 1 aromatic heterocycles. The van der Waals surface area contributed by atoms with E-state index >= 15 is 0 Å². The van der Waals surface area contributed by atoms with Crippen molar-refractivity contribution in [3.05, 3.63) is 11.9 Å². The Morgan fingerprint density at radius 3 is 3.00 bits per heavy atom. The normalized spacial score (nSPS) is 19.9. The zero-order valence-corrected chi connectivity index (χ0v) is 8.57. The zero-order valence-electron chi connectivity index (χ0n) is 8.57. The van der Waals surface area contributed by atoms with Gasteiger partial charge in [-0.15, -0.1) is 0 Å². The van der Waals surface area contributed by atoms with Crippen LogP contribution in [-0.2, 0) is 11.2 Å². The van der Waals surface area contributed by atoms with Crippen LogP contribution < -0.4 is 10.2 Å². The molecule has 1 N–H and O–H groups in total. The average Bonchev–Trinajstić information content (AvgIpc) is 2.78. The van der Waals surface area contributed by atoms with Gasteiger partial charge < -0.3 is 15.0 Å². The van der Waals surface area contributed by atoms with E-state index in [-0.39, 0.29) is 0 Å². The number of nitrogens with one attached hydrogen (secondary N) is 1. The minimum Gasteiger partial charge on any atom is -0.378 e. The first kappa shape index (κ1) is 8.91. The lowest BCUT2D eigenvalue weighted by molar-refractivity contribution is 0.122. The molecule has 15 heavy (non-hydrogen) atoms. The largest absolute Gasteiger partial charge is 0.378 e. The Balaban J connectivity index is 1.93. The number of anilines is 2. The number of hydrogen-bond acceptors (Lipinski definition) is 5. The van der Waals surface area contributed by atoms with Crippen LogP contribution in [0, 0.1) is 0 Å².